The number of rotatable bonds is 4. The standard InChI is InChI=1S/C13H10Cl2N2S/c1-2-7-18-8-12-13(15)16-9-17(12)11-5-3-10(14)4-6-11/h1,3-6,9H,7-8H2. The van der Waals surface area contributed by atoms with Crippen LogP contribution in [0.2, 0.25) is 10.2 Å². The van der Waals surface area contributed by atoms with Crippen molar-refractivity contribution in [1.82, 2.24) is 9.55 Å². The van der Waals surface area contributed by atoms with E-state index in [4.69, 9.17) is 29.6 Å². The Morgan fingerprint density at radius 1 is 1.28 bits per heavy atom. The number of nitrogens with zero attached hydrogens (tertiary/aromatic N) is 2. The van der Waals surface area contributed by atoms with Gasteiger partial charge in [-0.25, -0.2) is 4.98 Å². The number of aromatic nitrogens is 2. The summed E-state index contributed by atoms with van der Waals surface area (Å²) in [5.41, 5.74) is 1.93. The first-order valence-corrected chi connectivity index (χ1v) is 7.12. The summed E-state index contributed by atoms with van der Waals surface area (Å²) < 4.78 is 1.95. The topological polar surface area (TPSA) is 17.8 Å². The second-order valence-corrected chi connectivity index (χ2v) is 5.31. The lowest BCUT2D eigenvalue weighted by molar-refractivity contribution is 0.995. The summed E-state index contributed by atoms with van der Waals surface area (Å²) in [4.78, 5) is 4.12. The number of hydrogen-bond donors (Lipinski definition) is 0. The molecule has 0 fully saturated rings. The highest BCUT2D eigenvalue weighted by Crippen LogP contribution is 2.24. The Labute approximate surface area is 120 Å². The maximum Gasteiger partial charge on any atom is 0.151 e. The Morgan fingerprint density at radius 3 is 2.67 bits per heavy atom. The van der Waals surface area contributed by atoms with Gasteiger partial charge in [0.25, 0.3) is 0 Å². The molecule has 18 heavy (non-hydrogen) atoms. The van der Waals surface area contributed by atoms with Gasteiger partial charge >= 0.3 is 0 Å². The van der Waals surface area contributed by atoms with Crippen LogP contribution in [0.3, 0.4) is 0 Å². The van der Waals surface area contributed by atoms with Crippen LogP contribution in [-0.4, -0.2) is 15.3 Å². The Balaban J connectivity index is 2.28. The molecule has 1 aromatic heterocycles. The fourth-order valence-electron chi connectivity index (χ4n) is 1.51. The summed E-state index contributed by atoms with van der Waals surface area (Å²) in [6, 6.07) is 7.53. The minimum Gasteiger partial charge on any atom is -0.301 e. The van der Waals surface area contributed by atoms with E-state index in [9.17, 15) is 0 Å². The minimum atomic E-state index is 0.509. The van der Waals surface area contributed by atoms with Crippen molar-refractivity contribution in [2.24, 2.45) is 0 Å². The Bertz CT molecular complexity index is 570. The molecule has 0 aliphatic heterocycles. The van der Waals surface area contributed by atoms with E-state index in [0.29, 0.717) is 15.9 Å². The van der Waals surface area contributed by atoms with Crippen molar-refractivity contribution in [2.45, 2.75) is 5.75 Å². The summed E-state index contributed by atoms with van der Waals surface area (Å²) in [6.45, 7) is 0. The van der Waals surface area contributed by atoms with Gasteiger partial charge in [0.05, 0.1) is 11.4 Å². The fourth-order valence-corrected chi connectivity index (χ4v) is 2.61. The predicted octanol–water partition coefficient (Wildman–Crippen LogP) is 4.05. The third-order valence-electron chi connectivity index (χ3n) is 2.34. The van der Waals surface area contributed by atoms with Crippen LogP contribution in [0, 0.1) is 12.3 Å². The first-order chi connectivity index (χ1) is 8.72. The van der Waals surface area contributed by atoms with Crippen LogP contribution in [0.5, 0.6) is 0 Å². The molecule has 0 amide bonds. The third-order valence-corrected chi connectivity index (χ3v) is 3.76. The molecule has 0 radical (unpaired) electrons. The number of imidazole rings is 1. The van der Waals surface area contributed by atoms with Crippen molar-refractivity contribution in [3.05, 3.63) is 46.5 Å². The first-order valence-electron chi connectivity index (χ1n) is 5.21. The summed E-state index contributed by atoms with van der Waals surface area (Å²) in [7, 11) is 0. The van der Waals surface area contributed by atoms with Gasteiger partial charge in [0.15, 0.2) is 5.15 Å². The van der Waals surface area contributed by atoms with E-state index in [1.165, 1.54) is 0 Å². The van der Waals surface area contributed by atoms with Gasteiger partial charge in [0, 0.05) is 16.5 Å². The molecule has 0 bridgehead atoms. The van der Waals surface area contributed by atoms with Crippen LogP contribution in [0.25, 0.3) is 5.69 Å². The average Bonchev–Trinajstić information content (AvgIpc) is 2.73. The van der Waals surface area contributed by atoms with Gasteiger partial charge in [-0.1, -0.05) is 29.1 Å². The monoisotopic (exact) mass is 296 g/mol. The molecule has 5 heteroatoms. The summed E-state index contributed by atoms with van der Waals surface area (Å²) in [6.07, 6.45) is 6.94. The zero-order valence-corrected chi connectivity index (χ0v) is 11.8. The Kier molecular flexibility index (Phi) is 4.60. The maximum atomic E-state index is 6.08. The minimum absolute atomic E-state index is 0.509. The highest BCUT2D eigenvalue weighted by molar-refractivity contribution is 7.98. The molecule has 0 aliphatic carbocycles. The van der Waals surface area contributed by atoms with E-state index in [0.717, 1.165) is 17.1 Å². The molecule has 0 saturated heterocycles. The van der Waals surface area contributed by atoms with Gasteiger partial charge < -0.3 is 4.57 Å². The van der Waals surface area contributed by atoms with E-state index >= 15 is 0 Å². The van der Waals surface area contributed by atoms with Crippen LogP contribution >= 0.6 is 35.0 Å². The van der Waals surface area contributed by atoms with E-state index in [1.54, 1.807) is 18.1 Å². The zero-order chi connectivity index (χ0) is 13.0. The number of halogens is 2. The van der Waals surface area contributed by atoms with E-state index < -0.39 is 0 Å². The second kappa shape index (κ2) is 6.19. The van der Waals surface area contributed by atoms with Gasteiger partial charge in [-0.2, -0.15) is 0 Å². The van der Waals surface area contributed by atoms with Crippen molar-refractivity contribution < 1.29 is 0 Å². The molecule has 2 rings (SSSR count). The lowest BCUT2D eigenvalue weighted by Crippen LogP contribution is -1.98. The molecule has 0 spiro atoms. The number of benzene rings is 1. The molecule has 2 nitrogen and oxygen atoms in total. The Hall–Kier alpha value is -1.08. The Morgan fingerprint density at radius 2 is 2.00 bits per heavy atom. The fraction of sp³-hybridized carbons (Fsp3) is 0.154. The summed E-state index contributed by atoms with van der Waals surface area (Å²) in [5, 5.41) is 1.21. The van der Waals surface area contributed by atoms with Crippen molar-refractivity contribution in [2.75, 3.05) is 5.75 Å². The van der Waals surface area contributed by atoms with Gasteiger partial charge in [0.1, 0.15) is 6.33 Å². The molecular formula is C13H10Cl2N2S. The number of thioether (sulfide) groups is 1. The van der Waals surface area contributed by atoms with Crippen molar-refractivity contribution in [3.63, 3.8) is 0 Å². The summed E-state index contributed by atoms with van der Waals surface area (Å²) >= 11 is 13.6. The highest BCUT2D eigenvalue weighted by atomic mass is 35.5. The molecule has 0 unspecified atom stereocenters. The van der Waals surface area contributed by atoms with Crippen molar-refractivity contribution in [3.8, 4) is 18.0 Å². The molecule has 0 N–H and O–H groups in total. The number of terminal acetylenes is 1. The first kappa shape index (κ1) is 13.4. The molecule has 2 aromatic rings. The molecule has 0 atom stereocenters. The maximum absolute atomic E-state index is 6.08. The van der Waals surface area contributed by atoms with E-state index in [-0.39, 0.29) is 0 Å². The van der Waals surface area contributed by atoms with Gasteiger partial charge in [-0.15, -0.1) is 18.2 Å². The normalized spacial score (nSPS) is 10.3. The van der Waals surface area contributed by atoms with Crippen LogP contribution in [0.15, 0.2) is 30.6 Å². The second-order valence-electron chi connectivity index (χ2n) is 3.53. The van der Waals surface area contributed by atoms with Crippen molar-refractivity contribution >= 4 is 35.0 Å². The van der Waals surface area contributed by atoms with Gasteiger partial charge in [-0.05, 0) is 24.3 Å². The molecule has 1 heterocycles. The zero-order valence-electron chi connectivity index (χ0n) is 9.44. The van der Waals surface area contributed by atoms with Crippen LogP contribution < -0.4 is 0 Å². The molecule has 0 aliphatic rings. The third kappa shape index (κ3) is 3.02. The quantitative estimate of drug-likeness (QED) is 0.626. The lowest BCUT2D eigenvalue weighted by Gasteiger charge is -2.07. The predicted molar refractivity (Wildman–Crippen MR) is 78.6 cm³/mol. The molecule has 0 saturated carbocycles. The van der Waals surface area contributed by atoms with Crippen LogP contribution in [-0.2, 0) is 5.75 Å². The van der Waals surface area contributed by atoms with Gasteiger partial charge in [-0.3, -0.25) is 0 Å². The largest absolute Gasteiger partial charge is 0.301 e. The van der Waals surface area contributed by atoms with Crippen molar-refractivity contribution in [1.29, 1.82) is 0 Å². The van der Waals surface area contributed by atoms with Gasteiger partial charge in [0.2, 0.25) is 0 Å². The average molecular weight is 297 g/mol. The molecule has 92 valence electrons. The van der Waals surface area contributed by atoms with Crippen LogP contribution in [0.1, 0.15) is 5.69 Å². The SMILES string of the molecule is C#CCSCc1c(Cl)ncn1-c1ccc(Cl)cc1. The number of hydrogen-bond acceptors (Lipinski definition) is 2. The van der Waals surface area contributed by atoms with E-state index in [1.807, 2.05) is 28.8 Å². The van der Waals surface area contributed by atoms with Crippen LogP contribution in [0.4, 0.5) is 0 Å². The highest BCUT2D eigenvalue weighted by Gasteiger charge is 2.10. The van der Waals surface area contributed by atoms with E-state index in [2.05, 4.69) is 10.9 Å². The smallest absolute Gasteiger partial charge is 0.151 e. The summed E-state index contributed by atoms with van der Waals surface area (Å²) in [5.74, 6) is 3.97. The molecular weight excluding hydrogens is 287 g/mol. The molecule has 1 aromatic carbocycles. The lowest BCUT2D eigenvalue weighted by atomic mass is 10.3.